The summed E-state index contributed by atoms with van der Waals surface area (Å²) in [5, 5.41) is 13.4. The lowest BCUT2D eigenvalue weighted by Crippen LogP contribution is -2.14. The Kier molecular flexibility index (Phi) is 3.14. The molecule has 1 amide bonds. The third-order valence-corrected chi connectivity index (χ3v) is 2.57. The lowest BCUT2D eigenvalue weighted by Gasteiger charge is -2.03. The van der Waals surface area contributed by atoms with Crippen molar-refractivity contribution in [3.8, 4) is 0 Å². The van der Waals surface area contributed by atoms with E-state index < -0.39 is 11.7 Å². The van der Waals surface area contributed by atoms with Gasteiger partial charge in [-0.15, -0.1) is 5.10 Å². The van der Waals surface area contributed by atoms with Crippen molar-refractivity contribution >= 4 is 27.8 Å². The molecule has 0 radical (unpaired) electrons. The molecule has 2 rings (SSSR count). The summed E-state index contributed by atoms with van der Waals surface area (Å²) in [5.41, 5.74) is 0.291. The van der Waals surface area contributed by atoms with Crippen molar-refractivity contribution < 1.29 is 9.18 Å². The molecule has 0 spiro atoms. The number of halogens is 2. The summed E-state index contributed by atoms with van der Waals surface area (Å²) in [6.45, 7) is 0. The van der Waals surface area contributed by atoms with Crippen molar-refractivity contribution in [1.82, 2.24) is 20.2 Å². The normalized spacial score (nSPS) is 10.3. The van der Waals surface area contributed by atoms with Crippen LogP contribution in [0.15, 0.2) is 22.7 Å². The molecule has 1 N–H and O–H groups in total. The Morgan fingerprint density at radius 1 is 1.53 bits per heavy atom. The number of hydrogen-bond acceptors (Lipinski definition) is 4. The highest BCUT2D eigenvalue weighted by molar-refractivity contribution is 9.10. The van der Waals surface area contributed by atoms with Crippen molar-refractivity contribution in [3.63, 3.8) is 0 Å². The minimum Gasteiger partial charge on any atom is -0.288 e. The number of carbonyl (C=O) groups is 1. The first kappa shape index (κ1) is 11.6. The number of aryl methyl sites for hydroxylation is 1. The Bertz CT molecular complexity index is 570. The van der Waals surface area contributed by atoms with Crippen molar-refractivity contribution in [2.75, 3.05) is 5.32 Å². The van der Waals surface area contributed by atoms with Gasteiger partial charge in [0, 0.05) is 4.47 Å². The van der Waals surface area contributed by atoms with Crippen molar-refractivity contribution in [1.29, 1.82) is 0 Å². The van der Waals surface area contributed by atoms with E-state index in [0.717, 1.165) is 0 Å². The Hall–Kier alpha value is -1.83. The molecule has 0 aliphatic rings. The average molecular weight is 300 g/mol. The fourth-order valence-electron chi connectivity index (χ4n) is 1.18. The molecule has 0 bridgehead atoms. The molecule has 0 saturated carbocycles. The lowest BCUT2D eigenvalue weighted by atomic mass is 10.2. The number of rotatable bonds is 2. The number of amides is 1. The van der Waals surface area contributed by atoms with Gasteiger partial charge in [-0.2, -0.15) is 4.80 Å². The first-order chi connectivity index (χ1) is 8.06. The molecule has 0 aliphatic heterocycles. The van der Waals surface area contributed by atoms with Crippen LogP contribution in [0.1, 0.15) is 10.4 Å². The molecule has 1 heterocycles. The number of tetrazole rings is 1. The van der Waals surface area contributed by atoms with Gasteiger partial charge < -0.3 is 0 Å². The first-order valence-corrected chi connectivity index (χ1v) is 5.36. The van der Waals surface area contributed by atoms with Crippen molar-refractivity contribution in [3.05, 3.63) is 34.1 Å². The van der Waals surface area contributed by atoms with Crippen LogP contribution in [0.4, 0.5) is 10.3 Å². The molecular formula is C9H7BrFN5O. The third-order valence-electron chi connectivity index (χ3n) is 1.91. The maximum atomic E-state index is 12.8. The monoisotopic (exact) mass is 299 g/mol. The highest BCUT2D eigenvalue weighted by Gasteiger charge is 2.13. The van der Waals surface area contributed by atoms with E-state index in [9.17, 15) is 9.18 Å². The molecule has 6 nitrogen and oxygen atoms in total. The zero-order chi connectivity index (χ0) is 12.4. The number of aromatic nitrogens is 4. The first-order valence-electron chi connectivity index (χ1n) is 4.56. The summed E-state index contributed by atoms with van der Waals surface area (Å²) < 4.78 is 13.2. The van der Waals surface area contributed by atoms with E-state index in [1.54, 1.807) is 7.05 Å². The standard InChI is InChI=1S/C9H7BrFN5O/c1-16-14-9(13-15-16)12-8(17)6-3-2-5(11)4-7(6)10/h2-4H,1H3,(H,12,14,17). The van der Waals surface area contributed by atoms with Gasteiger partial charge in [0.15, 0.2) is 0 Å². The Labute approximate surface area is 104 Å². The Morgan fingerprint density at radius 3 is 2.88 bits per heavy atom. The van der Waals surface area contributed by atoms with Crippen LogP contribution < -0.4 is 5.32 Å². The number of nitrogens with zero attached hydrogens (tertiary/aromatic N) is 4. The van der Waals surface area contributed by atoms with Crippen LogP contribution >= 0.6 is 15.9 Å². The van der Waals surface area contributed by atoms with E-state index in [0.29, 0.717) is 10.0 Å². The van der Waals surface area contributed by atoms with Crippen LogP contribution in [-0.4, -0.2) is 26.1 Å². The smallest absolute Gasteiger partial charge is 0.270 e. The van der Waals surface area contributed by atoms with Crippen LogP contribution in [0.3, 0.4) is 0 Å². The molecule has 1 aromatic heterocycles. The molecule has 2 aromatic rings. The van der Waals surface area contributed by atoms with E-state index in [-0.39, 0.29) is 5.95 Å². The minimum absolute atomic E-state index is 0.0914. The molecule has 0 saturated heterocycles. The van der Waals surface area contributed by atoms with Gasteiger partial charge in [-0.25, -0.2) is 4.39 Å². The predicted octanol–water partition coefficient (Wildman–Crippen LogP) is 1.36. The van der Waals surface area contributed by atoms with Crippen LogP contribution in [0.2, 0.25) is 0 Å². The minimum atomic E-state index is -0.440. The molecule has 8 heteroatoms. The maximum absolute atomic E-state index is 12.8. The second-order valence-electron chi connectivity index (χ2n) is 3.18. The lowest BCUT2D eigenvalue weighted by molar-refractivity contribution is 0.102. The zero-order valence-electron chi connectivity index (χ0n) is 8.69. The zero-order valence-corrected chi connectivity index (χ0v) is 10.3. The third kappa shape index (κ3) is 2.64. The van der Waals surface area contributed by atoms with E-state index in [1.165, 1.54) is 23.0 Å². The fraction of sp³-hybridized carbons (Fsp3) is 0.111. The Morgan fingerprint density at radius 2 is 2.29 bits per heavy atom. The maximum Gasteiger partial charge on any atom is 0.270 e. The summed E-state index contributed by atoms with van der Waals surface area (Å²) in [7, 11) is 1.58. The molecule has 88 valence electrons. The van der Waals surface area contributed by atoms with Crippen molar-refractivity contribution in [2.45, 2.75) is 0 Å². The van der Waals surface area contributed by atoms with Gasteiger partial charge in [0.05, 0.1) is 12.6 Å². The molecule has 0 unspecified atom stereocenters. The van der Waals surface area contributed by atoms with Gasteiger partial charge in [-0.1, -0.05) is 5.10 Å². The van der Waals surface area contributed by atoms with Gasteiger partial charge in [-0.05, 0) is 39.3 Å². The van der Waals surface area contributed by atoms with E-state index in [4.69, 9.17) is 0 Å². The van der Waals surface area contributed by atoms with E-state index in [2.05, 4.69) is 36.7 Å². The number of hydrogen-bond donors (Lipinski definition) is 1. The highest BCUT2D eigenvalue weighted by Crippen LogP contribution is 2.18. The van der Waals surface area contributed by atoms with Gasteiger partial charge in [0.1, 0.15) is 5.82 Å². The number of nitrogens with one attached hydrogen (secondary N) is 1. The van der Waals surface area contributed by atoms with Gasteiger partial charge in [0.2, 0.25) is 0 Å². The van der Waals surface area contributed by atoms with E-state index >= 15 is 0 Å². The van der Waals surface area contributed by atoms with E-state index in [1.807, 2.05) is 0 Å². The van der Waals surface area contributed by atoms with Crippen LogP contribution in [0.5, 0.6) is 0 Å². The van der Waals surface area contributed by atoms with Crippen LogP contribution in [0.25, 0.3) is 0 Å². The summed E-state index contributed by atoms with van der Waals surface area (Å²) in [5.74, 6) is -0.773. The number of benzene rings is 1. The quantitative estimate of drug-likeness (QED) is 0.909. The summed E-state index contributed by atoms with van der Waals surface area (Å²) in [6, 6.07) is 3.77. The summed E-state index contributed by atoms with van der Waals surface area (Å²) >= 11 is 3.10. The summed E-state index contributed by atoms with van der Waals surface area (Å²) in [4.78, 5) is 13.0. The van der Waals surface area contributed by atoms with Gasteiger partial charge in [0.25, 0.3) is 11.9 Å². The second-order valence-corrected chi connectivity index (χ2v) is 4.04. The molecule has 1 aromatic carbocycles. The van der Waals surface area contributed by atoms with Crippen LogP contribution in [-0.2, 0) is 7.05 Å². The number of anilines is 1. The second kappa shape index (κ2) is 4.58. The summed E-state index contributed by atoms with van der Waals surface area (Å²) in [6.07, 6.45) is 0. The number of carbonyl (C=O) groups excluding carboxylic acids is 1. The largest absolute Gasteiger partial charge is 0.288 e. The SMILES string of the molecule is Cn1nnc(NC(=O)c2ccc(F)cc2Br)n1. The molecular weight excluding hydrogens is 293 g/mol. The molecule has 0 fully saturated rings. The van der Waals surface area contributed by atoms with Gasteiger partial charge >= 0.3 is 0 Å². The molecule has 17 heavy (non-hydrogen) atoms. The topological polar surface area (TPSA) is 72.7 Å². The molecule has 0 aliphatic carbocycles. The van der Waals surface area contributed by atoms with Crippen LogP contribution in [0, 0.1) is 5.82 Å². The molecule has 0 atom stereocenters. The van der Waals surface area contributed by atoms with Crippen molar-refractivity contribution in [2.24, 2.45) is 7.05 Å². The van der Waals surface area contributed by atoms with Gasteiger partial charge in [-0.3, -0.25) is 10.1 Å². The average Bonchev–Trinajstić information content (AvgIpc) is 2.63. The Balaban J connectivity index is 2.20. The predicted molar refractivity (Wildman–Crippen MR) is 60.9 cm³/mol. The fourth-order valence-corrected chi connectivity index (χ4v) is 1.71. The highest BCUT2D eigenvalue weighted by atomic mass is 79.9.